The molecule has 1 heterocycles. The van der Waals surface area contributed by atoms with E-state index < -0.39 is 0 Å². The largest absolute Gasteiger partial charge is 0.322 e. The Hall–Kier alpha value is -0.320. The van der Waals surface area contributed by atoms with Crippen LogP contribution in [0.3, 0.4) is 0 Å². The van der Waals surface area contributed by atoms with Gasteiger partial charge >= 0.3 is 0 Å². The van der Waals surface area contributed by atoms with Gasteiger partial charge in [0.05, 0.1) is 6.04 Å². The van der Waals surface area contributed by atoms with Crippen LogP contribution in [-0.4, -0.2) is 15.2 Å². The summed E-state index contributed by atoms with van der Waals surface area (Å²) < 4.78 is 0. The van der Waals surface area contributed by atoms with Gasteiger partial charge < -0.3 is 5.73 Å². The summed E-state index contributed by atoms with van der Waals surface area (Å²) in [6.45, 7) is 1.85. The zero-order valence-corrected chi connectivity index (χ0v) is 7.08. The Labute approximate surface area is 71.4 Å². The predicted octanol–water partition coefficient (Wildman–Crippen LogP) is 0.668. The van der Waals surface area contributed by atoms with Crippen molar-refractivity contribution in [2.75, 3.05) is 0 Å². The van der Waals surface area contributed by atoms with Crippen molar-refractivity contribution in [3.05, 3.63) is 12.2 Å². The van der Waals surface area contributed by atoms with Crippen molar-refractivity contribution in [1.82, 2.24) is 15.2 Å². The van der Waals surface area contributed by atoms with E-state index in [9.17, 15) is 0 Å². The highest BCUT2D eigenvalue weighted by atomic mass is 35.5. The minimum Gasteiger partial charge on any atom is -0.322 e. The lowest BCUT2D eigenvalue weighted by molar-refractivity contribution is 0.745. The molecule has 0 aliphatic carbocycles. The molecule has 1 aromatic rings. The number of nitrogens with two attached hydrogens (primary N) is 1. The number of rotatable bonds is 1. The van der Waals surface area contributed by atoms with Crippen LogP contribution in [0.5, 0.6) is 0 Å². The summed E-state index contributed by atoms with van der Waals surface area (Å²) >= 11 is 0. The van der Waals surface area contributed by atoms with Crippen LogP contribution in [0.2, 0.25) is 0 Å². The topological polar surface area (TPSA) is 67.6 Å². The van der Waals surface area contributed by atoms with Crippen molar-refractivity contribution in [1.29, 1.82) is 0 Å². The molecule has 0 aliphatic rings. The van der Waals surface area contributed by atoms with Crippen LogP contribution >= 0.6 is 24.8 Å². The lowest BCUT2D eigenvalue weighted by atomic mass is 10.4. The molecule has 3 N–H and O–H groups in total. The van der Waals surface area contributed by atoms with Gasteiger partial charge in [-0.15, -0.1) is 24.8 Å². The zero-order chi connectivity index (χ0) is 5.98. The summed E-state index contributed by atoms with van der Waals surface area (Å²) in [6.07, 6.45) is 1.44. The molecule has 0 aliphatic heterocycles. The van der Waals surface area contributed by atoms with Crippen LogP contribution in [0.25, 0.3) is 0 Å². The standard InChI is InChI=1S/C4H8N4.2ClH/c1-3(5)4-6-2-7-8-4;;/h2-3H,5H2,1H3,(H,6,7,8);2*1H/t3-;;/m0../s1. The highest BCUT2D eigenvalue weighted by Gasteiger charge is 1.98. The van der Waals surface area contributed by atoms with Crippen LogP contribution in [-0.2, 0) is 0 Å². The van der Waals surface area contributed by atoms with Crippen LogP contribution in [0, 0.1) is 0 Å². The Balaban J connectivity index is 0. The lowest BCUT2D eigenvalue weighted by Crippen LogP contribution is -2.06. The first-order chi connectivity index (χ1) is 3.80. The molecule has 60 valence electrons. The molecule has 6 heteroatoms. The predicted molar refractivity (Wildman–Crippen MR) is 43.5 cm³/mol. The summed E-state index contributed by atoms with van der Waals surface area (Å²) in [4.78, 5) is 3.82. The molecule has 10 heavy (non-hydrogen) atoms. The number of nitrogens with one attached hydrogen (secondary N) is 1. The smallest absolute Gasteiger partial charge is 0.140 e. The van der Waals surface area contributed by atoms with E-state index in [1.165, 1.54) is 6.33 Å². The average molecular weight is 185 g/mol. The summed E-state index contributed by atoms with van der Waals surface area (Å²) in [6, 6.07) is -0.0440. The number of halogens is 2. The number of nitrogens with zero attached hydrogens (tertiary/aromatic N) is 2. The molecule has 0 unspecified atom stereocenters. The molecule has 0 bridgehead atoms. The molecule has 0 spiro atoms. The molecule has 1 atom stereocenters. The molecule has 0 aromatic carbocycles. The minimum atomic E-state index is -0.0440. The van der Waals surface area contributed by atoms with Gasteiger partial charge in [-0.1, -0.05) is 0 Å². The second kappa shape index (κ2) is 5.46. The van der Waals surface area contributed by atoms with Gasteiger partial charge in [0.1, 0.15) is 12.2 Å². The third kappa shape index (κ3) is 3.00. The van der Waals surface area contributed by atoms with Crippen LogP contribution < -0.4 is 5.73 Å². The first-order valence-electron chi connectivity index (χ1n) is 2.41. The summed E-state index contributed by atoms with van der Waals surface area (Å²) in [7, 11) is 0. The van der Waals surface area contributed by atoms with E-state index in [1.54, 1.807) is 0 Å². The van der Waals surface area contributed by atoms with Crippen LogP contribution in [0.1, 0.15) is 18.8 Å². The first kappa shape index (κ1) is 12.4. The summed E-state index contributed by atoms with van der Waals surface area (Å²) in [5.41, 5.74) is 5.42. The van der Waals surface area contributed by atoms with Crippen LogP contribution in [0.4, 0.5) is 0 Å². The zero-order valence-electron chi connectivity index (χ0n) is 5.44. The quantitative estimate of drug-likeness (QED) is 0.675. The first-order valence-corrected chi connectivity index (χ1v) is 2.41. The van der Waals surface area contributed by atoms with Gasteiger partial charge in [-0.25, -0.2) is 4.98 Å². The van der Waals surface area contributed by atoms with Crippen molar-refractivity contribution in [2.24, 2.45) is 5.73 Å². The normalized spacial score (nSPS) is 11.0. The molecule has 0 fully saturated rings. The van der Waals surface area contributed by atoms with Gasteiger partial charge in [-0.2, -0.15) is 5.10 Å². The van der Waals surface area contributed by atoms with Crippen molar-refractivity contribution < 1.29 is 0 Å². The SMILES string of the molecule is C[C@H](N)c1ncn[nH]1.Cl.Cl. The molecule has 0 amide bonds. The van der Waals surface area contributed by atoms with Gasteiger partial charge in [0.15, 0.2) is 0 Å². The fourth-order valence-electron chi connectivity index (χ4n) is 0.434. The second-order valence-electron chi connectivity index (χ2n) is 1.66. The van der Waals surface area contributed by atoms with Crippen molar-refractivity contribution in [3.8, 4) is 0 Å². The Morgan fingerprint density at radius 2 is 2.20 bits per heavy atom. The van der Waals surface area contributed by atoms with E-state index in [1.807, 2.05) is 6.92 Å². The maximum atomic E-state index is 5.42. The third-order valence-electron chi connectivity index (χ3n) is 0.865. The van der Waals surface area contributed by atoms with E-state index in [-0.39, 0.29) is 30.9 Å². The highest BCUT2D eigenvalue weighted by Crippen LogP contribution is 1.96. The molecular weight excluding hydrogens is 175 g/mol. The molecule has 0 saturated carbocycles. The van der Waals surface area contributed by atoms with E-state index in [2.05, 4.69) is 15.2 Å². The Morgan fingerprint density at radius 1 is 1.60 bits per heavy atom. The average Bonchev–Trinajstić information content (AvgIpc) is 2.12. The third-order valence-corrected chi connectivity index (χ3v) is 0.865. The summed E-state index contributed by atoms with van der Waals surface area (Å²) in [5.74, 6) is 0.727. The molecule has 1 rings (SSSR count). The Morgan fingerprint density at radius 3 is 2.40 bits per heavy atom. The maximum absolute atomic E-state index is 5.42. The van der Waals surface area contributed by atoms with Gasteiger partial charge in [-0.3, -0.25) is 5.10 Å². The molecule has 0 radical (unpaired) electrons. The second-order valence-corrected chi connectivity index (χ2v) is 1.66. The van der Waals surface area contributed by atoms with Crippen LogP contribution in [0.15, 0.2) is 6.33 Å². The Bertz CT molecular complexity index is 150. The molecular formula is C4H10Cl2N4. The number of hydrogen-bond acceptors (Lipinski definition) is 3. The highest BCUT2D eigenvalue weighted by molar-refractivity contribution is 5.85. The maximum Gasteiger partial charge on any atom is 0.140 e. The van der Waals surface area contributed by atoms with E-state index in [0.29, 0.717) is 0 Å². The van der Waals surface area contributed by atoms with Crippen molar-refractivity contribution >= 4 is 24.8 Å². The summed E-state index contributed by atoms with van der Waals surface area (Å²) in [5, 5.41) is 6.28. The van der Waals surface area contributed by atoms with E-state index >= 15 is 0 Å². The van der Waals surface area contributed by atoms with E-state index in [0.717, 1.165) is 5.82 Å². The molecule has 4 nitrogen and oxygen atoms in total. The van der Waals surface area contributed by atoms with Crippen molar-refractivity contribution in [3.63, 3.8) is 0 Å². The fraction of sp³-hybridized carbons (Fsp3) is 0.500. The number of aromatic nitrogens is 3. The number of aromatic amines is 1. The van der Waals surface area contributed by atoms with Gasteiger partial charge in [0, 0.05) is 0 Å². The minimum absolute atomic E-state index is 0. The molecule has 1 aromatic heterocycles. The van der Waals surface area contributed by atoms with E-state index in [4.69, 9.17) is 5.73 Å². The van der Waals surface area contributed by atoms with Gasteiger partial charge in [0.2, 0.25) is 0 Å². The fourth-order valence-corrected chi connectivity index (χ4v) is 0.434. The number of H-pyrrole nitrogens is 1. The van der Waals surface area contributed by atoms with Gasteiger partial charge in [0.25, 0.3) is 0 Å². The Kier molecular flexibility index (Phi) is 6.76. The number of hydrogen-bond donors (Lipinski definition) is 2. The lowest BCUT2D eigenvalue weighted by Gasteiger charge is -1.94. The monoisotopic (exact) mass is 184 g/mol. The van der Waals surface area contributed by atoms with Crippen molar-refractivity contribution in [2.45, 2.75) is 13.0 Å². The van der Waals surface area contributed by atoms with Gasteiger partial charge in [-0.05, 0) is 6.92 Å². The molecule has 0 saturated heterocycles.